The lowest BCUT2D eigenvalue weighted by Gasteiger charge is -2.11. The van der Waals surface area contributed by atoms with E-state index in [2.05, 4.69) is 9.71 Å². The highest BCUT2D eigenvalue weighted by Gasteiger charge is 2.17. The number of sulfonamides is 1. The molecule has 8 heteroatoms. The second-order valence-electron chi connectivity index (χ2n) is 4.41. The normalized spacial score (nSPS) is 10.9. The number of nitrogens with one attached hydrogen (secondary N) is 1. The number of hydrogen-bond donors (Lipinski definition) is 1. The first-order valence-electron chi connectivity index (χ1n) is 6.00. The van der Waals surface area contributed by atoms with Gasteiger partial charge in [-0.2, -0.15) is 4.99 Å². The summed E-state index contributed by atoms with van der Waals surface area (Å²) in [6.45, 7) is 1.85. The Morgan fingerprint density at radius 2 is 1.73 bits per heavy atom. The van der Waals surface area contributed by atoms with E-state index >= 15 is 0 Å². The quantitative estimate of drug-likeness (QED) is 0.662. The van der Waals surface area contributed by atoms with Crippen molar-refractivity contribution in [1.29, 1.82) is 0 Å². The molecule has 22 heavy (non-hydrogen) atoms. The molecule has 0 saturated carbocycles. The second kappa shape index (κ2) is 6.50. The molecule has 0 aliphatic carbocycles. The molecule has 0 aliphatic rings. The summed E-state index contributed by atoms with van der Waals surface area (Å²) >= 11 is 11.8. The number of isocyanates is 1. The third-order valence-electron chi connectivity index (χ3n) is 2.78. The molecule has 1 N–H and O–H groups in total. The van der Waals surface area contributed by atoms with Gasteiger partial charge in [-0.3, -0.25) is 4.72 Å². The molecule has 0 heterocycles. The third kappa shape index (κ3) is 3.67. The summed E-state index contributed by atoms with van der Waals surface area (Å²) in [5, 5.41) is 0.206. The van der Waals surface area contributed by atoms with Crippen molar-refractivity contribution in [2.75, 3.05) is 4.72 Å². The van der Waals surface area contributed by atoms with Crippen LogP contribution in [0.3, 0.4) is 0 Å². The number of hydrogen-bond acceptors (Lipinski definition) is 4. The number of anilines is 1. The Morgan fingerprint density at radius 1 is 1.09 bits per heavy atom. The first kappa shape index (κ1) is 16.5. The molecule has 0 aromatic heterocycles. The predicted molar refractivity (Wildman–Crippen MR) is 86.2 cm³/mol. The van der Waals surface area contributed by atoms with E-state index in [1.54, 1.807) is 12.1 Å². The summed E-state index contributed by atoms with van der Waals surface area (Å²) in [7, 11) is -3.81. The van der Waals surface area contributed by atoms with Crippen LogP contribution in [0, 0.1) is 6.92 Å². The van der Waals surface area contributed by atoms with E-state index in [1.165, 1.54) is 30.3 Å². The van der Waals surface area contributed by atoms with Crippen LogP contribution in [0.4, 0.5) is 11.4 Å². The molecule has 0 atom stereocenters. The van der Waals surface area contributed by atoms with Crippen LogP contribution in [0.2, 0.25) is 10.0 Å². The summed E-state index contributed by atoms with van der Waals surface area (Å²) in [5.74, 6) is 0. The van der Waals surface area contributed by atoms with Crippen molar-refractivity contribution in [1.82, 2.24) is 0 Å². The fourth-order valence-electron chi connectivity index (χ4n) is 1.67. The minimum absolute atomic E-state index is 0.0700. The average molecular weight is 357 g/mol. The Balaban J connectivity index is 2.43. The fourth-order valence-corrected chi connectivity index (χ4v) is 3.27. The maximum atomic E-state index is 12.3. The van der Waals surface area contributed by atoms with E-state index in [0.29, 0.717) is 0 Å². The van der Waals surface area contributed by atoms with Crippen LogP contribution in [0.25, 0.3) is 0 Å². The summed E-state index contributed by atoms with van der Waals surface area (Å²) in [6.07, 6.45) is 1.34. The van der Waals surface area contributed by atoms with Crippen molar-refractivity contribution in [3.05, 3.63) is 52.0 Å². The van der Waals surface area contributed by atoms with Crippen LogP contribution < -0.4 is 4.72 Å². The zero-order valence-corrected chi connectivity index (χ0v) is 13.6. The van der Waals surface area contributed by atoms with Gasteiger partial charge in [-0.05, 0) is 31.2 Å². The van der Waals surface area contributed by atoms with E-state index in [9.17, 15) is 13.2 Å². The highest BCUT2D eigenvalue weighted by Crippen LogP contribution is 2.35. The van der Waals surface area contributed by atoms with Gasteiger partial charge in [-0.25, -0.2) is 13.2 Å². The molecule has 0 amide bonds. The zero-order chi connectivity index (χ0) is 16.3. The van der Waals surface area contributed by atoms with Gasteiger partial charge >= 0.3 is 0 Å². The Kier molecular flexibility index (Phi) is 4.88. The molecule has 0 radical (unpaired) electrons. The topological polar surface area (TPSA) is 75.6 Å². The van der Waals surface area contributed by atoms with Crippen molar-refractivity contribution < 1.29 is 13.2 Å². The van der Waals surface area contributed by atoms with Gasteiger partial charge in [0.15, 0.2) is 0 Å². The van der Waals surface area contributed by atoms with Gasteiger partial charge in [0, 0.05) is 0 Å². The second-order valence-corrected chi connectivity index (χ2v) is 6.90. The Morgan fingerprint density at radius 3 is 2.32 bits per heavy atom. The minimum Gasteiger partial charge on any atom is -0.278 e. The van der Waals surface area contributed by atoms with Gasteiger partial charge in [-0.15, -0.1) is 0 Å². The molecule has 0 spiro atoms. The van der Waals surface area contributed by atoms with Crippen LogP contribution in [0.1, 0.15) is 5.56 Å². The molecule has 0 aliphatic heterocycles. The van der Waals surface area contributed by atoms with E-state index in [4.69, 9.17) is 23.2 Å². The lowest BCUT2D eigenvalue weighted by molar-refractivity contribution is 0.565. The Bertz CT molecular complexity index is 858. The van der Waals surface area contributed by atoms with Crippen LogP contribution >= 0.6 is 23.2 Å². The smallest absolute Gasteiger partial charge is 0.261 e. The molecule has 0 saturated heterocycles. The van der Waals surface area contributed by atoms with Crippen molar-refractivity contribution in [2.45, 2.75) is 11.8 Å². The van der Waals surface area contributed by atoms with Crippen LogP contribution in [0.15, 0.2) is 46.3 Å². The molecule has 2 aromatic rings. The maximum Gasteiger partial charge on any atom is 0.261 e. The number of aliphatic imine (C=N–C) groups is 1. The monoisotopic (exact) mass is 356 g/mol. The molecular formula is C14H10Cl2N2O3S. The number of benzene rings is 2. The molecule has 0 bridgehead atoms. The zero-order valence-electron chi connectivity index (χ0n) is 11.3. The molecule has 114 valence electrons. The molecule has 2 aromatic carbocycles. The van der Waals surface area contributed by atoms with Crippen molar-refractivity contribution in [2.24, 2.45) is 4.99 Å². The van der Waals surface area contributed by atoms with Crippen molar-refractivity contribution in [3.8, 4) is 0 Å². The number of aryl methyl sites for hydroxylation is 1. The highest BCUT2D eigenvalue weighted by molar-refractivity contribution is 7.92. The SMILES string of the molecule is Cc1ccc(S(=O)(=O)Nc2cc(N=C=O)c(Cl)cc2Cl)cc1. The van der Waals surface area contributed by atoms with Crippen LogP contribution in [-0.4, -0.2) is 14.5 Å². The largest absolute Gasteiger partial charge is 0.278 e. The molecule has 2 rings (SSSR count). The van der Waals surface area contributed by atoms with Crippen LogP contribution in [-0.2, 0) is 14.8 Å². The van der Waals surface area contributed by atoms with Gasteiger partial charge in [-0.1, -0.05) is 40.9 Å². The number of halogens is 2. The number of rotatable bonds is 4. The first-order chi connectivity index (χ1) is 10.3. The summed E-state index contributed by atoms with van der Waals surface area (Å²) in [4.78, 5) is 13.8. The number of nitrogens with zero attached hydrogens (tertiary/aromatic N) is 1. The Hall–Kier alpha value is -1.85. The van der Waals surface area contributed by atoms with E-state index < -0.39 is 10.0 Å². The van der Waals surface area contributed by atoms with Crippen LogP contribution in [0.5, 0.6) is 0 Å². The van der Waals surface area contributed by atoms with Gasteiger partial charge in [0.25, 0.3) is 10.0 Å². The van der Waals surface area contributed by atoms with E-state index in [-0.39, 0.29) is 26.3 Å². The summed E-state index contributed by atoms with van der Waals surface area (Å²) < 4.78 is 27.0. The van der Waals surface area contributed by atoms with Gasteiger partial charge in [0.2, 0.25) is 6.08 Å². The van der Waals surface area contributed by atoms with E-state index in [1.807, 2.05) is 6.92 Å². The molecule has 5 nitrogen and oxygen atoms in total. The standard InChI is InChI=1S/C14H10Cl2N2O3S/c1-9-2-4-10(5-3-9)22(20,21)18-14-7-13(17-8-19)11(15)6-12(14)16/h2-7,18H,1H3. The minimum atomic E-state index is -3.81. The summed E-state index contributed by atoms with van der Waals surface area (Å²) in [5.41, 5.74) is 1.08. The van der Waals surface area contributed by atoms with Gasteiger partial charge in [0.05, 0.1) is 26.3 Å². The highest BCUT2D eigenvalue weighted by atomic mass is 35.5. The molecule has 0 unspecified atom stereocenters. The fraction of sp³-hybridized carbons (Fsp3) is 0.0714. The summed E-state index contributed by atoms with van der Waals surface area (Å²) in [6, 6.07) is 8.88. The van der Waals surface area contributed by atoms with Gasteiger partial charge in [0.1, 0.15) is 0 Å². The number of carbonyl (C=O) groups excluding carboxylic acids is 1. The Labute approximate surface area is 137 Å². The van der Waals surface area contributed by atoms with Gasteiger partial charge < -0.3 is 0 Å². The first-order valence-corrected chi connectivity index (χ1v) is 8.24. The lowest BCUT2D eigenvalue weighted by Crippen LogP contribution is -2.13. The third-order valence-corrected chi connectivity index (χ3v) is 4.78. The van der Waals surface area contributed by atoms with Crippen molar-refractivity contribution >= 4 is 50.7 Å². The molecular weight excluding hydrogens is 347 g/mol. The average Bonchev–Trinajstić information content (AvgIpc) is 2.44. The van der Waals surface area contributed by atoms with E-state index in [0.717, 1.165) is 5.56 Å². The maximum absolute atomic E-state index is 12.3. The van der Waals surface area contributed by atoms with Crippen molar-refractivity contribution in [3.63, 3.8) is 0 Å². The lowest BCUT2D eigenvalue weighted by atomic mass is 10.2. The predicted octanol–water partition coefficient (Wildman–Crippen LogP) is 4.07. The molecule has 0 fully saturated rings.